The van der Waals surface area contributed by atoms with Gasteiger partial charge in [0.2, 0.25) is 0 Å². The van der Waals surface area contributed by atoms with Gasteiger partial charge in [0, 0.05) is 20.0 Å². The third-order valence-corrected chi connectivity index (χ3v) is 1.86. The highest BCUT2D eigenvalue weighted by Gasteiger charge is 2.49. The van der Waals surface area contributed by atoms with Crippen LogP contribution in [0.2, 0.25) is 0 Å². The molecule has 4 heteroatoms. The summed E-state index contributed by atoms with van der Waals surface area (Å²) in [4.78, 5) is 10.3. The van der Waals surface area contributed by atoms with Crippen molar-refractivity contribution in [1.29, 1.82) is 0 Å². The molecule has 0 atom stereocenters. The zero-order chi connectivity index (χ0) is 7.78. The zero-order valence-corrected chi connectivity index (χ0v) is 5.70. The summed E-state index contributed by atoms with van der Waals surface area (Å²) in [5, 5.41) is 17.5. The lowest BCUT2D eigenvalue weighted by Gasteiger charge is -2.38. The fourth-order valence-electron chi connectivity index (χ4n) is 1.03. The van der Waals surface area contributed by atoms with E-state index in [1.54, 1.807) is 0 Å². The van der Waals surface area contributed by atoms with Crippen molar-refractivity contribution < 1.29 is 19.7 Å². The van der Waals surface area contributed by atoms with E-state index in [0.29, 0.717) is 0 Å². The Morgan fingerprint density at radius 2 is 2.20 bits per heavy atom. The van der Waals surface area contributed by atoms with Crippen molar-refractivity contribution >= 4 is 5.97 Å². The first-order valence-corrected chi connectivity index (χ1v) is 3.07. The molecule has 1 saturated carbocycles. The second-order valence-corrected chi connectivity index (χ2v) is 2.60. The molecule has 1 aliphatic carbocycles. The van der Waals surface area contributed by atoms with Crippen LogP contribution in [0.25, 0.3) is 0 Å². The van der Waals surface area contributed by atoms with Crippen LogP contribution in [0.5, 0.6) is 0 Å². The molecule has 0 aromatic rings. The van der Waals surface area contributed by atoms with Crippen molar-refractivity contribution in [2.45, 2.75) is 24.5 Å². The number of carbonyl (C=O) groups is 1. The Hall–Kier alpha value is -0.610. The number of carboxylic acids is 1. The average Bonchev–Trinajstić information content (AvgIpc) is 1.80. The fraction of sp³-hybridized carbons (Fsp3) is 0.833. The van der Waals surface area contributed by atoms with Crippen molar-refractivity contribution in [3.8, 4) is 0 Å². The molecule has 0 aromatic heterocycles. The first-order chi connectivity index (χ1) is 4.58. The molecule has 58 valence electrons. The molecule has 4 nitrogen and oxygen atoms in total. The number of hydrogen-bond acceptors (Lipinski definition) is 3. The maximum Gasteiger partial charge on any atom is 0.335 e. The van der Waals surface area contributed by atoms with Crippen LogP contribution in [-0.2, 0) is 9.53 Å². The van der Waals surface area contributed by atoms with E-state index >= 15 is 0 Å². The molecular formula is C6H10O4. The van der Waals surface area contributed by atoms with E-state index in [4.69, 9.17) is 14.9 Å². The Balaban J connectivity index is 2.42. The van der Waals surface area contributed by atoms with Gasteiger partial charge in [-0.3, -0.25) is 0 Å². The first-order valence-electron chi connectivity index (χ1n) is 3.07. The summed E-state index contributed by atoms with van der Waals surface area (Å²) < 4.78 is 4.81. The highest BCUT2D eigenvalue weighted by molar-refractivity contribution is 5.78. The van der Waals surface area contributed by atoms with Crippen LogP contribution in [0, 0.1) is 0 Å². The van der Waals surface area contributed by atoms with Gasteiger partial charge in [0.1, 0.15) is 0 Å². The van der Waals surface area contributed by atoms with Crippen molar-refractivity contribution in [3.63, 3.8) is 0 Å². The Morgan fingerprint density at radius 1 is 1.70 bits per heavy atom. The first kappa shape index (κ1) is 7.50. The van der Waals surface area contributed by atoms with Gasteiger partial charge in [-0.05, 0) is 0 Å². The van der Waals surface area contributed by atoms with Gasteiger partial charge >= 0.3 is 5.97 Å². The van der Waals surface area contributed by atoms with Gasteiger partial charge in [-0.1, -0.05) is 0 Å². The minimum Gasteiger partial charge on any atom is -0.479 e. The second-order valence-electron chi connectivity index (χ2n) is 2.60. The summed E-state index contributed by atoms with van der Waals surface area (Å²) in [6, 6.07) is 0. The van der Waals surface area contributed by atoms with Crippen molar-refractivity contribution in [2.24, 2.45) is 0 Å². The van der Waals surface area contributed by atoms with E-state index in [2.05, 4.69) is 0 Å². The number of carboxylic acid groups (broad SMARTS) is 1. The lowest BCUT2D eigenvalue weighted by molar-refractivity contribution is -0.184. The maximum atomic E-state index is 10.3. The Morgan fingerprint density at radius 3 is 2.50 bits per heavy atom. The van der Waals surface area contributed by atoms with Crippen molar-refractivity contribution in [2.75, 3.05) is 7.11 Å². The molecule has 0 heterocycles. The van der Waals surface area contributed by atoms with Crippen LogP contribution in [0.15, 0.2) is 0 Å². The number of hydrogen-bond donors (Lipinski definition) is 2. The standard InChI is InChI=1S/C6H10O4/c1-10-4-2-6(9,3-4)5(7)8/h4,9H,2-3H2,1H3,(H,7,8). The predicted molar refractivity (Wildman–Crippen MR) is 32.6 cm³/mol. The fourth-order valence-corrected chi connectivity index (χ4v) is 1.03. The van der Waals surface area contributed by atoms with E-state index in [1.165, 1.54) is 7.11 Å². The summed E-state index contributed by atoms with van der Waals surface area (Å²) >= 11 is 0. The quantitative estimate of drug-likeness (QED) is 0.556. The van der Waals surface area contributed by atoms with Crippen LogP contribution in [0.3, 0.4) is 0 Å². The van der Waals surface area contributed by atoms with Gasteiger partial charge in [0.15, 0.2) is 5.60 Å². The molecule has 0 saturated heterocycles. The normalized spacial score (nSPS) is 38.8. The molecule has 0 amide bonds. The molecule has 0 aromatic carbocycles. The number of methoxy groups -OCH3 is 1. The van der Waals surface area contributed by atoms with Gasteiger partial charge in [0.25, 0.3) is 0 Å². The zero-order valence-electron chi connectivity index (χ0n) is 5.70. The molecular weight excluding hydrogens is 136 g/mol. The van der Waals surface area contributed by atoms with Crippen LogP contribution < -0.4 is 0 Å². The topological polar surface area (TPSA) is 66.8 Å². The number of aliphatic carboxylic acids is 1. The number of rotatable bonds is 2. The summed E-state index contributed by atoms with van der Waals surface area (Å²) in [6.07, 6.45) is 0.332. The molecule has 1 rings (SSSR count). The molecule has 10 heavy (non-hydrogen) atoms. The van der Waals surface area contributed by atoms with E-state index in [1.807, 2.05) is 0 Å². The molecule has 0 aliphatic heterocycles. The molecule has 0 spiro atoms. The molecule has 2 N–H and O–H groups in total. The summed E-state index contributed by atoms with van der Waals surface area (Å²) in [5.41, 5.74) is -1.51. The minimum absolute atomic E-state index is 0.0823. The van der Waals surface area contributed by atoms with Gasteiger partial charge in [-0.2, -0.15) is 0 Å². The minimum atomic E-state index is -1.51. The number of ether oxygens (including phenoxy) is 1. The predicted octanol–water partition coefficient (Wildman–Crippen LogP) is -0.389. The lowest BCUT2D eigenvalue weighted by atomic mass is 9.77. The third kappa shape index (κ3) is 0.998. The van der Waals surface area contributed by atoms with Gasteiger partial charge < -0.3 is 14.9 Å². The Kier molecular flexibility index (Phi) is 1.66. The molecule has 0 radical (unpaired) electrons. The van der Waals surface area contributed by atoms with Gasteiger partial charge in [-0.15, -0.1) is 0 Å². The number of aliphatic hydroxyl groups is 1. The monoisotopic (exact) mass is 146 g/mol. The van der Waals surface area contributed by atoms with Gasteiger partial charge in [-0.25, -0.2) is 4.79 Å². The summed E-state index contributed by atoms with van der Waals surface area (Å²) in [6.45, 7) is 0. The summed E-state index contributed by atoms with van der Waals surface area (Å²) in [5.74, 6) is -1.15. The smallest absolute Gasteiger partial charge is 0.335 e. The lowest BCUT2D eigenvalue weighted by Crippen LogP contribution is -2.53. The van der Waals surface area contributed by atoms with Crippen LogP contribution in [-0.4, -0.2) is 35.0 Å². The van der Waals surface area contributed by atoms with Crippen LogP contribution in [0.1, 0.15) is 12.8 Å². The third-order valence-electron chi connectivity index (χ3n) is 1.86. The Bertz CT molecular complexity index is 148. The highest BCUT2D eigenvalue weighted by atomic mass is 16.5. The maximum absolute atomic E-state index is 10.3. The average molecular weight is 146 g/mol. The largest absolute Gasteiger partial charge is 0.479 e. The highest BCUT2D eigenvalue weighted by Crippen LogP contribution is 2.33. The second kappa shape index (κ2) is 2.21. The van der Waals surface area contributed by atoms with Crippen molar-refractivity contribution in [1.82, 2.24) is 0 Å². The molecule has 1 fully saturated rings. The van der Waals surface area contributed by atoms with Gasteiger partial charge in [0.05, 0.1) is 6.10 Å². The summed E-state index contributed by atoms with van der Waals surface area (Å²) in [7, 11) is 1.51. The van der Waals surface area contributed by atoms with E-state index < -0.39 is 11.6 Å². The van der Waals surface area contributed by atoms with E-state index in [0.717, 1.165) is 0 Å². The SMILES string of the molecule is COC1CC(O)(C(=O)O)C1. The van der Waals surface area contributed by atoms with E-state index in [-0.39, 0.29) is 18.9 Å². The van der Waals surface area contributed by atoms with E-state index in [9.17, 15) is 4.79 Å². The molecule has 0 unspecified atom stereocenters. The molecule has 1 aliphatic rings. The van der Waals surface area contributed by atoms with Crippen molar-refractivity contribution in [3.05, 3.63) is 0 Å². The van der Waals surface area contributed by atoms with Crippen LogP contribution >= 0.6 is 0 Å². The Labute approximate surface area is 58.4 Å². The van der Waals surface area contributed by atoms with Crippen LogP contribution in [0.4, 0.5) is 0 Å². The molecule has 0 bridgehead atoms.